The van der Waals surface area contributed by atoms with Crippen molar-refractivity contribution < 1.29 is 9.13 Å². The average molecular weight is 240 g/mol. The van der Waals surface area contributed by atoms with Crippen LogP contribution in [-0.4, -0.2) is 18.9 Å². The van der Waals surface area contributed by atoms with E-state index in [9.17, 15) is 4.39 Å². The van der Waals surface area contributed by atoms with Gasteiger partial charge in [0, 0.05) is 0 Å². The number of halogens is 1. The number of hydrogen-bond donors (Lipinski definition) is 0. The van der Waals surface area contributed by atoms with E-state index >= 15 is 0 Å². The van der Waals surface area contributed by atoms with E-state index in [2.05, 4.69) is 0 Å². The Morgan fingerprint density at radius 2 is 1.53 bits per heavy atom. The summed E-state index contributed by atoms with van der Waals surface area (Å²) in [5.74, 6) is 2.88. The van der Waals surface area contributed by atoms with Crippen LogP contribution < -0.4 is 0 Å². The van der Waals surface area contributed by atoms with Gasteiger partial charge in [-0.2, -0.15) is 0 Å². The minimum Gasteiger partial charge on any atom is -0.378 e. The lowest BCUT2D eigenvalue weighted by molar-refractivity contribution is -0.107. The van der Waals surface area contributed by atoms with Crippen LogP contribution in [0.4, 0.5) is 4.39 Å². The van der Waals surface area contributed by atoms with Crippen LogP contribution >= 0.6 is 0 Å². The Bertz CT molecular complexity index is 257. The molecule has 0 aromatic rings. The fourth-order valence-electron chi connectivity index (χ4n) is 4.98. The van der Waals surface area contributed by atoms with Crippen LogP contribution in [-0.2, 0) is 4.74 Å². The number of rotatable bonds is 4. The number of hydrogen-bond acceptors (Lipinski definition) is 1. The van der Waals surface area contributed by atoms with Gasteiger partial charge in [-0.3, -0.25) is 0 Å². The lowest BCUT2D eigenvalue weighted by Gasteiger charge is -2.56. The molecule has 0 atom stereocenters. The first-order valence-corrected chi connectivity index (χ1v) is 7.21. The van der Waals surface area contributed by atoms with Crippen molar-refractivity contribution in [1.29, 1.82) is 0 Å². The Balaban J connectivity index is 1.59. The van der Waals surface area contributed by atoms with Gasteiger partial charge < -0.3 is 4.74 Å². The summed E-state index contributed by atoms with van der Waals surface area (Å²) in [5, 5.41) is 0. The molecule has 0 N–H and O–H groups in total. The molecule has 4 aliphatic rings. The Kier molecular flexibility index (Phi) is 2.77. The van der Waals surface area contributed by atoms with E-state index in [0.29, 0.717) is 5.41 Å². The van der Waals surface area contributed by atoms with Crippen LogP contribution in [0.3, 0.4) is 0 Å². The summed E-state index contributed by atoms with van der Waals surface area (Å²) in [6, 6.07) is 0. The maximum atomic E-state index is 13.4. The van der Waals surface area contributed by atoms with Crippen LogP contribution in [0.1, 0.15) is 52.4 Å². The Labute approximate surface area is 104 Å². The quantitative estimate of drug-likeness (QED) is 0.722. The second kappa shape index (κ2) is 3.94. The molecular formula is C15H25FO. The Morgan fingerprint density at radius 3 is 1.94 bits per heavy atom. The normalized spacial score (nSPS) is 44.3. The standard InChI is InChI=1S/C15H25FO/c1-14(2,16)9-17-10-15-6-11-3-12(7-15)5-13(4-11)8-15/h11-13H,3-10H2,1-2H3. The third-order valence-corrected chi connectivity index (χ3v) is 5.02. The predicted octanol–water partition coefficient (Wildman–Crippen LogP) is 3.97. The Morgan fingerprint density at radius 1 is 1.06 bits per heavy atom. The van der Waals surface area contributed by atoms with Gasteiger partial charge in [0.2, 0.25) is 0 Å². The van der Waals surface area contributed by atoms with E-state index in [1.54, 1.807) is 13.8 Å². The molecule has 4 fully saturated rings. The van der Waals surface area contributed by atoms with Gasteiger partial charge in [-0.1, -0.05) is 0 Å². The van der Waals surface area contributed by atoms with Crippen molar-refractivity contribution in [3.05, 3.63) is 0 Å². The van der Waals surface area contributed by atoms with E-state index in [0.717, 1.165) is 24.4 Å². The third-order valence-electron chi connectivity index (χ3n) is 5.02. The predicted molar refractivity (Wildman–Crippen MR) is 66.6 cm³/mol. The number of alkyl halides is 1. The van der Waals surface area contributed by atoms with Crippen LogP contribution in [0.15, 0.2) is 0 Å². The van der Waals surface area contributed by atoms with Crippen molar-refractivity contribution in [2.24, 2.45) is 23.2 Å². The summed E-state index contributed by atoms with van der Waals surface area (Å²) in [4.78, 5) is 0. The monoisotopic (exact) mass is 240 g/mol. The smallest absolute Gasteiger partial charge is 0.128 e. The second-order valence-electron chi connectivity index (χ2n) is 7.63. The first-order valence-electron chi connectivity index (χ1n) is 7.21. The fourth-order valence-corrected chi connectivity index (χ4v) is 4.98. The van der Waals surface area contributed by atoms with Gasteiger partial charge >= 0.3 is 0 Å². The van der Waals surface area contributed by atoms with Crippen LogP contribution in [0.5, 0.6) is 0 Å². The lowest BCUT2D eigenvalue weighted by Crippen LogP contribution is -2.48. The highest BCUT2D eigenvalue weighted by Crippen LogP contribution is 2.60. The van der Waals surface area contributed by atoms with Crippen LogP contribution in [0.2, 0.25) is 0 Å². The summed E-state index contributed by atoms with van der Waals surface area (Å²) in [5.41, 5.74) is -0.748. The second-order valence-corrected chi connectivity index (χ2v) is 7.63. The molecule has 1 nitrogen and oxygen atoms in total. The van der Waals surface area contributed by atoms with Crippen molar-refractivity contribution in [2.75, 3.05) is 13.2 Å². The van der Waals surface area contributed by atoms with Gasteiger partial charge in [-0.25, -0.2) is 4.39 Å². The molecule has 0 aromatic carbocycles. The molecule has 4 rings (SSSR count). The van der Waals surface area contributed by atoms with Crippen molar-refractivity contribution in [2.45, 2.75) is 58.0 Å². The fraction of sp³-hybridized carbons (Fsp3) is 1.00. The van der Waals surface area contributed by atoms with E-state index < -0.39 is 5.67 Å². The van der Waals surface area contributed by atoms with Crippen molar-refractivity contribution in [3.8, 4) is 0 Å². The largest absolute Gasteiger partial charge is 0.378 e. The summed E-state index contributed by atoms with van der Waals surface area (Å²) in [6.45, 7) is 4.28. The van der Waals surface area contributed by atoms with Crippen molar-refractivity contribution >= 4 is 0 Å². The van der Waals surface area contributed by atoms with E-state index in [1.165, 1.54) is 38.5 Å². The molecule has 0 saturated heterocycles. The minimum atomic E-state index is -1.18. The molecule has 4 bridgehead atoms. The van der Waals surface area contributed by atoms with Gasteiger partial charge in [-0.15, -0.1) is 0 Å². The first-order chi connectivity index (χ1) is 7.94. The highest BCUT2D eigenvalue weighted by molar-refractivity contribution is 5.01. The molecule has 2 heteroatoms. The molecule has 0 unspecified atom stereocenters. The topological polar surface area (TPSA) is 9.23 Å². The van der Waals surface area contributed by atoms with Crippen LogP contribution in [0, 0.1) is 23.2 Å². The molecule has 17 heavy (non-hydrogen) atoms. The van der Waals surface area contributed by atoms with Crippen molar-refractivity contribution in [1.82, 2.24) is 0 Å². The highest BCUT2D eigenvalue weighted by atomic mass is 19.1. The maximum absolute atomic E-state index is 13.4. The summed E-state index contributed by atoms with van der Waals surface area (Å²) in [6.07, 6.45) is 8.46. The van der Waals surface area contributed by atoms with Gasteiger partial charge in [0.15, 0.2) is 0 Å². The Hall–Kier alpha value is -0.110. The molecule has 0 spiro atoms. The number of ether oxygens (including phenoxy) is 1. The van der Waals surface area contributed by atoms with Gasteiger partial charge in [0.05, 0.1) is 13.2 Å². The molecule has 98 valence electrons. The lowest BCUT2D eigenvalue weighted by atomic mass is 9.50. The summed E-state index contributed by atoms with van der Waals surface area (Å²) < 4.78 is 19.1. The molecule has 0 aromatic heterocycles. The molecule has 0 radical (unpaired) electrons. The first kappa shape index (κ1) is 12.0. The molecule has 0 heterocycles. The molecule has 0 aliphatic heterocycles. The van der Waals surface area contributed by atoms with Crippen molar-refractivity contribution in [3.63, 3.8) is 0 Å². The van der Waals surface area contributed by atoms with Gasteiger partial charge in [0.1, 0.15) is 5.67 Å². The summed E-state index contributed by atoms with van der Waals surface area (Å²) in [7, 11) is 0. The average Bonchev–Trinajstić information content (AvgIpc) is 2.11. The SMILES string of the molecule is CC(C)(F)COCC12CC3CC(CC(C3)C1)C2. The highest BCUT2D eigenvalue weighted by Gasteiger charge is 2.50. The summed E-state index contributed by atoms with van der Waals surface area (Å²) >= 11 is 0. The van der Waals surface area contributed by atoms with E-state index in [-0.39, 0.29) is 6.61 Å². The van der Waals surface area contributed by atoms with Gasteiger partial charge in [0.25, 0.3) is 0 Å². The zero-order chi connectivity index (χ0) is 12.1. The third kappa shape index (κ3) is 2.52. The minimum absolute atomic E-state index is 0.259. The zero-order valence-corrected chi connectivity index (χ0v) is 11.2. The van der Waals surface area contributed by atoms with E-state index in [4.69, 9.17) is 4.74 Å². The maximum Gasteiger partial charge on any atom is 0.128 e. The van der Waals surface area contributed by atoms with Gasteiger partial charge in [-0.05, 0) is 75.5 Å². The molecule has 0 amide bonds. The van der Waals surface area contributed by atoms with Crippen LogP contribution in [0.25, 0.3) is 0 Å². The zero-order valence-electron chi connectivity index (χ0n) is 11.2. The molecule has 4 saturated carbocycles. The van der Waals surface area contributed by atoms with E-state index in [1.807, 2.05) is 0 Å². The molecule has 4 aliphatic carbocycles. The molecular weight excluding hydrogens is 215 g/mol.